The van der Waals surface area contributed by atoms with E-state index in [1.165, 1.54) is 16.2 Å². The van der Waals surface area contributed by atoms with Gasteiger partial charge in [-0.1, -0.05) is 48.0 Å². The summed E-state index contributed by atoms with van der Waals surface area (Å²) in [4.78, 5) is 30.8. The quantitative estimate of drug-likeness (QED) is 0.512. The number of carbonyl (C=O) groups excluding carboxylic acids is 2. The van der Waals surface area contributed by atoms with E-state index in [-0.39, 0.29) is 18.4 Å². The van der Waals surface area contributed by atoms with E-state index in [4.69, 9.17) is 11.6 Å². The van der Waals surface area contributed by atoms with Crippen LogP contribution < -0.4 is 4.90 Å². The molecule has 146 valence electrons. The van der Waals surface area contributed by atoms with E-state index in [9.17, 15) is 9.59 Å². The average molecular weight is 423 g/mol. The summed E-state index contributed by atoms with van der Waals surface area (Å²) in [6.07, 6.45) is 0. The number of nitrogens with zero attached hydrogens (tertiary/aromatic N) is 2. The van der Waals surface area contributed by atoms with Crippen molar-refractivity contribution in [3.05, 3.63) is 93.3 Å². The predicted molar refractivity (Wildman–Crippen MR) is 118 cm³/mol. The number of amides is 2. The van der Waals surface area contributed by atoms with E-state index in [1.54, 1.807) is 12.1 Å². The van der Waals surface area contributed by atoms with Crippen LogP contribution in [0.1, 0.15) is 17.4 Å². The maximum absolute atomic E-state index is 13.5. The van der Waals surface area contributed by atoms with E-state index in [0.29, 0.717) is 22.8 Å². The number of likely N-dealkylation sites (N-methyl/N-ethyl adjacent to an activating group) is 1. The van der Waals surface area contributed by atoms with Crippen LogP contribution in [-0.4, -0.2) is 23.3 Å². The zero-order chi connectivity index (χ0) is 20.4. The van der Waals surface area contributed by atoms with Crippen LogP contribution in [0.4, 0.5) is 5.69 Å². The number of para-hydroxylation sites is 1. The highest BCUT2D eigenvalue weighted by Gasteiger charge is 2.42. The van der Waals surface area contributed by atoms with Gasteiger partial charge in [0.15, 0.2) is 0 Å². The molecular formula is C23H19ClN2O2S. The first-order valence-corrected chi connectivity index (χ1v) is 10.6. The molecule has 0 saturated carbocycles. The largest absolute Gasteiger partial charge is 0.337 e. The highest BCUT2D eigenvalue weighted by atomic mass is 35.5. The number of carbonyl (C=O) groups is 2. The zero-order valence-corrected chi connectivity index (χ0v) is 17.4. The molecule has 0 bridgehead atoms. The summed E-state index contributed by atoms with van der Waals surface area (Å²) in [6, 6.07) is 20.6. The smallest absolute Gasteiger partial charge is 0.278 e. The molecule has 2 amide bonds. The Morgan fingerprint density at radius 3 is 2.28 bits per heavy atom. The lowest BCUT2D eigenvalue weighted by Crippen LogP contribution is -2.34. The molecule has 0 radical (unpaired) electrons. The van der Waals surface area contributed by atoms with E-state index in [2.05, 4.69) is 0 Å². The van der Waals surface area contributed by atoms with Crippen LogP contribution in [0.3, 0.4) is 0 Å². The van der Waals surface area contributed by atoms with Crippen molar-refractivity contribution in [3.8, 4) is 0 Å². The van der Waals surface area contributed by atoms with Crippen LogP contribution in [0.15, 0.2) is 77.8 Å². The second kappa shape index (κ2) is 8.23. The Hall–Kier alpha value is -2.89. The summed E-state index contributed by atoms with van der Waals surface area (Å²) in [6.45, 7) is 2.76. The Kier molecular flexibility index (Phi) is 5.51. The van der Waals surface area contributed by atoms with E-state index < -0.39 is 0 Å². The standard InChI is InChI=1S/C23H19ClN2O2S/c1-2-25(18-7-4-3-5-8-18)21-20(19-9-6-14-29-19)22(27)26(23(21)28)15-16-10-12-17(24)13-11-16/h3-14H,2,15H2,1H3. The molecule has 4 rings (SSSR count). The van der Waals surface area contributed by atoms with Crippen molar-refractivity contribution in [2.45, 2.75) is 13.5 Å². The number of benzene rings is 2. The third-order valence-electron chi connectivity index (χ3n) is 4.82. The number of halogens is 1. The molecule has 2 heterocycles. The fourth-order valence-electron chi connectivity index (χ4n) is 3.45. The first-order valence-electron chi connectivity index (χ1n) is 9.31. The van der Waals surface area contributed by atoms with Gasteiger partial charge in [0.2, 0.25) is 0 Å². The van der Waals surface area contributed by atoms with Gasteiger partial charge in [-0.2, -0.15) is 0 Å². The number of imide groups is 1. The first-order chi connectivity index (χ1) is 14.1. The molecule has 0 aliphatic carbocycles. The third kappa shape index (κ3) is 3.71. The van der Waals surface area contributed by atoms with Crippen molar-refractivity contribution < 1.29 is 9.59 Å². The molecule has 0 spiro atoms. The molecule has 4 nitrogen and oxygen atoms in total. The van der Waals surface area contributed by atoms with Crippen LogP contribution in [-0.2, 0) is 16.1 Å². The summed E-state index contributed by atoms with van der Waals surface area (Å²) in [7, 11) is 0. The summed E-state index contributed by atoms with van der Waals surface area (Å²) < 4.78 is 0. The summed E-state index contributed by atoms with van der Waals surface area (Å²) in [5, 5.41) is 2.53. The molecule has 6 heteroatoms. The number of rotatable bonds is 6. The Morgan fingerprint density at radius 2 is 1.66 bits per heavy atom. The van der Waals surface area contributed by atoms with Gasteiger partial charge in [0.05, 0.1) is 12.1 Å². The van der Waals surface area contributed by atoms with Crippen molar-refractivity contribution >= 4 is 46.0 Å². The van der Waals surface area contributed by atoms with Crippen LogP contribution in [0, 0.1) is 0 Å². The fraction of sp³-hybridized carbons (Fsp3) is 0.130. The summed E-state index contributed by atoms with van der Waals surface area (Å²) >= 11 is 7.43. The van der Waals surface area contributed by atoms with Gasteiger partial charge in [-0.05, 0) is 48.2 Å². The van der Waals surface area contributed by atoms with Gasteiger partial charge in [-0.25, -0.2) is 0 Å². The molecule has 0 unspecified atom stereocenters. The van der Waals surface area contributed by atoms with E-state index >= 15 is 0 Å². The van der Waals surface area contributed by atoms with Crippen LogP contribution in [0.5, 0.6) is 0 Å². The Balaban J connectivity index is 1.77. The van der Waals surface area contributed by atoms with Crippen LogP contribution in [0.25, 0.3) is 5.57 Å². The average Bonchev–Trinajstić information content (AvgIpc) is 3.34. The second-order valence-electron chi connectivity index (χ2n) is 6.60. The molecule has 29 heavy (non-hydrogen) atoms. The minimum Gasteiger partial charge on any atom is -0.337 e. The molecular weight excluding hydrogens is 404 g/mol. The summed E-state index contributed by atoms with van der Waals surface area (Å²) in [5.74, 6) is -0.546. The van der Waals surface area contributed by atoms with Crippen molar-refractivity contribution in [1.29, 1.82) is 0 Å². The number of thiophene rings is 1. The third-order valence-corrected chi connectivity index (χ3v) is 5.96. The van der Waals surface area contributed by atoms with Gasteiger partial charge in [0, 0.05) is 22.1 Å². The van der Waals surface area contributed by atoms with Gasteiger partial charge in [-0.3, -0.25) is 14.5 Å². The highest BCUT2D eigenvalue weighted by molar-refractivity contribution is 7.11. The van der Waals surface area contributed by atoms with Crippen molar-refractivity contribution in [2.75, 3.05) is 11.4 Å². The van der Waals surface area contributed by atoms with Crippen molar-refractivity contribution in [2.24, 2.45) is 0 Å². The zero-order valence-electron chi connectivity index (χ0n) is 15.8. The topological polar surface area (TPSA) is 40.6 Å². The Morgan fingerprint density at radius 1 is 0.931 bits per heavy atom. The number of hydrogen-bond acceptors (Lipinski definition) is 4. The molecule has 0 N–H and O–H groups in total. The number of hydrogen-bond donors (Lipinski definition) is 0. The Labute approximate surface area is 178 Å². The monoisotopic (exact) mass is 422 g/mol. The molecule has 0 atom stereocenters. The van der Waals surface area contributed by atoms with Crippen molar-refractivity contribution in [1.82, 2.24) is 4.90 Å². The predicted octanol–water partition coefficient (Wildman–Crippen LogP) is 5.21. The molecule has 0 fully saturated rings. The molecule has 1 aromatic heterocycles. The second-order valence-corrected chi connectivity index (χ2v) is 7.99. The van der Waals surface area contributed by atoms with Gasteiger partial charge in [-0.15, -0.1) is 11.3 Å². The maximum atomic E-state index is 13.5. The minimum absolute atomic E-state index is 0.208. The normalized spacial score (nSPS) is 14.1. The van der Waals surface area contributed by atoms with Gasteiger partial charge < -0.3 is 4.90 Å². The van der Waals surface area contributed by atoms with E-state index in [0.717, 1.165) is 16.1 Å². The minimum atomic E-state index is -0.279. The number of anilines is 1. The van der Waals surface area contributed by atoms with E-state index in [1.807, 2.05) is 71.8 Å². The van der Waals surface area contributed by atoms with Crippen LogP contribution >= 0.6 is 22.9 Å². The first kappa shape index (κ1) is 19.4. The maximum Gasteiger partial charge on any atom is 0.278 e. The lowest BCUT2D eigenvalue weighted by atomic mass is 10.1. The van der Waals surface area contributed by atoms with Gasteiger partial charge >= 0.3 is 0 Å². The molecule has 1 aliphatic heterocycles. The molecule has 0 saturated heterocycles. The Bertz CT molecular complexity index is 1060. The molecule has 3 aromatic rings. The SMILES string of the molecule is CCN(C1=C(c2cccs2)C(=O)N(Cc2ccc(Cl)cc2)C1=O)c1ccccc1. The van der Waals surface area contributed by atoms with Gasteiger partial charge in [0.1, 0.15) is 5.70 Å². The molecule has 1 aliphatic rings. The highest BCUT2D eigenvalue weighted by Crippen LogP contribution is 2.36. The fourth-order valence-corrected chi connectivity index (χ4v) is 4.34. The summed E-state index contributed by atoms with van der Waals surface area (Å²) in [5.41, 5.74) is 2.63. The lowest BCUT2D eigenvalue weighted by Gasteiger charge is -2.24. The van der Waals surface area contributed by atoms with Crippen molar-refractivity contribution in [3.63, 3.8) is 0 Å². The lowest BCUT2D eigenvalue weighted by molar-refractivity contribution is -0.137. The molecule has 2 aromatic carbocycles. The van der Waals surface area contributed by atoms with Crippen LogP contribution in [0.2, 0.25) is 5.02 Å². The van der Waals surface area contributed by atoms with Gasteiger partial charge in [0.25, 0.3) is 11.8 Å².